The molecule has 0 aliphatic heterocycles. The maximum Gasteiger partial charge on any atom is 0.242 e. The number of aromatic amines is 1. The number of nitrogens with zero attached hydrogens (tertiary/aromatic N) is 3. The van der Waals surface area contributed by atoms with Gasteiger partial charge in [-0.15, -0.1) is 0 Å². The quantitative estimate of drug-likeness (QED) is 0.694. The zero-order valence-electron chi connectivity index (χ0n) is 9.47. The highest BCUT2D eigenvalue weighted by molar-refractivity contribution is 5.66. The van der Waals surface area contributed by atoms with Crippen molar-refractivity contribution in [3.63, 3.8) is 0 Å². The van der Waals surface area contributed by atoms with E-state index in [2.05, 4.69) is 25.3 Å². The Labute approximate surface area is 98.5 Å². The van der Waals surface area contributed by atoms with Crippen molar-refractivity contribution in [2.45, 2.75) is 6.42 Å². The lowest BCUT2D eigenvalue weighted by molar-refractivity contribution is 0.399. The van der Waals surface area contributed by atoms with Crippen molar-refractivity contribution < 1.29 is 4.74 Å². The lowest BCUT2D eigenvalue weighted by atomic mass is 10.3. The molecular formula is C10H14N6O. The van der Waals surface area contributed by atoms with Gasteiger partial charge in [0, 0.05) is 24.9 Å². The Morgan fingerprint density at radius 1 is 1.47 bits per heavy atom. The molecule has 2 aromatic heterocycles. The average molecular weight is 234 g/mol. The van der Waals surface area contributed by atoms with Crippen molar-refractivity contribution in [2.75, 3.05) is 24.7 Å². The number of rotatable bonds is 5. The number of nitrogens with two attached hydrogens (primary N) is 1. The molecule has 2 aromatic rings. The second kappa shape index (κ2) is 5.15. The van der Waals surface area contributed by atoms with Crippen molar-refractivity contribution in [3.05, 3.63) is 24.5 Å². The zero-order chi connectivity index (χ0) is 12.1. The third-order valence-corrected chi connectivity index (χ3v) is 2.28. The van der Waals surface area contributed by atoms with Crippen molar-refractivity contribution >= 4 is 11.5 Å². The van der Waals surface area contributed by atoms with Gasteiger partial charge in [0.25, 0.3) is 0 Å². The number of aromatic nitrogens is 4. The van der Waals surface area contributed by atoms with Crippen molar-refractivity contribution in [3.8, 4) is 5.88 Å². The lowest BCUT2D eigenvalue weighted by Crippen LogP contribution is -2.10. The van der Waals surface area contributed by atoms with Crippen LogP contribution in [0.5, 0.6) is 5.88 Å². The molecule has 0 saturated heterocycles. The maximum absolute atomic E-state index is 5.82. The smallest absolute Gasteiger partial charge is 0.242 e. The molecule has 0 unspecified atom stereocenters. The fraction of sp³-hybridized carbons (Fsp3) is 0.300. The maximum atomic E-state index is 5.82. The van der Waals surface area contributed by atoms with E-state index in [1.807, 2.05) is 0 Å². The van der Waals surface area contributed by atoms with Crippen molar-refractivity contribution in [1.29, 1.82) is 0 Å². The monoisotopic (exact) mass is 234 g/mol. The largest absolute Gasteiger partial charge is 0.479 e. The molecule has 2 rings (SSSR count). The van der Waals surface area contributed by atoms with Crippen LogP contribution >= 0.6 is 0 Å². The molecule has 0 amide bonds. The van der Waals surface area contributed by atoms with Crippen LogP contribution in [0.15, 0.2) is 18.9 Å². The summed E-state index contributed by atoms with van der Waals surface area (Å²) in [4.78, 5) is 14.9. The number of hydrogen-bond donors (Lipinski definition) is 3. The third kappa shape index (κ3) is 2.63. The van der Waals surface area contributed by atoms with Crippen LogP contribution in [0.25, 0.3) is 0 Å². The topological polar surface area (TPSA) is 102 Å². The molecule has 0 atom stereocenters. The van der Waals surface area contributed by atoms with Gasteiger partial charge in [-0.2, -0.15) is 4.98 Å². The van der Waals surface area contributed by atoms with Crippen molar-refractivity contribution in [1.82, 2.24) is 19.9 Å². The van der Waals surface area contributed by atoms with Gasteiger partial charge in [-0.25, -0.2) is 9.97 Å². The molecule has 7 nitrogen and oxygen atoms in total. The summed E-state index contributed by atoms with van der Waals surface area (Å²) in [6, 6.07) is 0. The molecule has 7 heteroatoms. The Morgan fingerprint density at radius 3 is 3.06 bits per heavy atom. The van der Waals surface area contributed by atoms with Gasteiger partial charge in [-0.3, -0.25) is 0 Å². The summed E-state index contributed by atoms with van der Waals surface area (Å²) in [5.74, 6) is 0.959. The first-order chi connectivity index (χ1) is 8.31. The number of methoxy groups -OCH3 is 1. The standard InChI is InChI=1S/C10H14N6O/c1-17-10-8(11)9(15-6-16-10)13-3-2-7-4-12-5-14-7/h4-6H,2-3,11H2,1H3,(H,12,14)(H,13,15,16). The number of anilines is 2. The number of nitrogen functional groups attached to an aromatic ring is 1. The van der Waals surface area contributed by atoms with Gasteiger partial charge in [0.05, 0.1) is 13.4 Å². The first-order valence-electron chi connectivity index (χ1n) is 5.17. The van der Waals surface area contributed by atoms with Gasteiger partial charge in [-0.1, -0.05) is 0 Å². The fourth-order valence-electron chi connectivity index (χ4n) is 1.42. The summed E-state index contributed by atoms with van der Waals surface area (Å²) >= 11 is 0. The molecule has 0 aliphatic rings. The minimum absolute atomic E-state index is 0.379. The number of ether oxygens (including phenoxy) is 1. The van der Waals surface area contributed by atoms with E-state index < -0.39 is 0 Å². The Morgan fingerprint density at radius 2 is 2.35 bits per heavy atom. The van der Waals surface area contributed by atoms with E-state index in [0.29, 0.717) is 23.9 Å². The third-order valence-electron chi connectivity index (χ3n) is 2.28. The Balaban J connectivity index is 1.95. The van der Waals surface area contributed by atoms with Gasteiger partial charge < -0.3 is 20.8 Å². The van der Waals surface area contributed by atoms with E-state index in [-0.39, 0.29) is 0 Å². The normalized spacial score (nSPS) is 10.2. The van der Waals surface area contributed by atoms with Crippen molar-refractivity contribution in [2.24, 2.45) is 0 Å². The van der Waals surface area contributed by atoms with Crippen LogP contribution in [0.1, 0.15) is 5.69 Å². The average Bonchev–Trinajstić information content (AvgIpc) is 2.84. The molecule has 0 saturated carbocycles. The molecule has 0 aliphatic carbocycles. The number of hydrogen-bond acceptors (Lipinski definition) is 6. The molecule has 4 N–H and O–H groups in total. The summed E-state index contributed by atoms with van der Waals surface area (Å²) in [6.45, 7) is 0.701. The summed E-state index contributed by atoms with van der Waals surface area (Å²) in [5, 5.41) is 3.12. The van der Waals surface area contributed by atoms with E-state index >= 15 is 0 Å². The Kier molecular flexibility index (Phi) is 3.39. The van der Waals surface area contributed by atoms with Gasteiger partial charge in [0.15, 0.2) is 5.82 Å². The molecule has 17 heavy (non-hydrogen) atoms. The minimum atomic E-state index is 0.379. The number of imidazole rings is 1. The highest BCUT2D eigenvalue weighted by Crippen LogP contribution is 2.23. The molecule has 0 radical (unpaired) electrons. The molecular weight excluding hydrogens is 220 g/mol. The molecule has 0 spiro atoms. The van der Waals surface area contributed by atoms with E-state index in [4.69, 9.17) is 10.5 Å². The molecule has 2 heterocycles. The predicted octanol–water partition coefficient (Wildman–Crippen LogP) is 0.445. The van der Waals surface area contributed by atoms with E-state index in [1.165, 1.54) is 13.4 Å². The fourth-order valence-corrected chi connectivity index (χ4v) is 1.42. The molecule has 90 valence electrons. The van der Waals surface area contributed by atoms with Gasteiger partial charge in [0.1, 0.15) is 12.0 Å². The van der Waals surface area contributed by atoms with Crippen LogP contribution in [-0.4, -0.2) is 33.6 Å². The van der Waals surface area contributed by atoms with Crippen LogP contribution in [0.3, 0.4) is 0 Å². The number of H-pyrrole nitrogens is 1. The highest BCUT2D eigenvalue weighted by atomic mass is 16.5. The zero-order valence-corrected chi connectivity index (χ0v) is 9.47. The van der Waals surface area contributed by atoms with Crippen LogP contribution < -0.4 is 15.8 Å². The predicted molar refractivity (Wildman–Crippen MR) is 63.8 cm³/mol. The molecule has 0 aromatic carbocycles. The Bertz CT molecular complexity index is 470. The second-order valence-corrected chi connectivity index (χ2v) is 3.40. The first kappa shape index (κ1) is 11.2. The van der Waals surface area contributed by atoms with Gasteiger partial charge >= 0.3 is 0 Å². The van der Waals surface area contributed by atoms with Crippen LogP contribution in [0.2, 0.25) is 0 Å². The van der Waals surface area contributed by atoms with Crippen LogP contribution in [-0.2, 0) is 6.42 Å². The first-order valence-corrected chi connectivity index (χ1v) is 5.17. The summed E-state index contributed by atoms with van der Waals surface area (Å²) in [7, 11) is 1.52. The Hall–Kier alpha value is -2.31. The van der Waals surface area contributed by atoms with E-state index in [9.17, 15) is 0 Å². The molecule has 0 fully saturated rings. The van der Waals surface area contributed by atoms with E-state index in [0.717, 1.165) is 12.1 Å². The highest BCUT2D eigenvalue weighted by Gasteiger charge is 2.07. The van der Waals surface area contributed by atoms with E-state index in [1.54, 1.807) is 12.5 Å². The second-order valence-electron chi connectivity index (χ2n) is 3.40. The van der Waals surface area contributed by atoms with Gasteiger partial charge in [-0.05, 0) is 0 Å². The molecule has 0 bridgehead atoms. The summed E-state index contributed by atoms with van der Waals surface area (Å²) in [6.07, 6.45) is 5.66. The van der Waals surface area contributed by atoms with Crippen LogP contribution in [0.4, 0.5) is 11.5 Å². The summed E-state index contributed by atoms with van der Waals surface area (Å²) < 4.78 is 5.01. The lowest BCUT2D eigenvalue weighted by Gasteiger charge is -2.09. The van der Waals surface area contributed by atoms with Gasteiger partial charge in [0.2, 0.25) is 5.88 Å². The number of nitrogens with one attached hydrogen (secondary N) is 2. The summed E-state index contributed by atoms with van der Waals surface area (Å²) in [5.41, 5.74) is 7.29. The minimum Gasteiger partial charge on any atom is -0.479 e. The van der Waals surface area contributed by atoms with Crippen LogP contribution in [0, 0.1) is 0 Å². The SMILES string of the molecule is COc1ncnc(NCCc2cnc[nH]2)c1N.